The van der Waals surface area contributed by atoms with Crippen LogP contribution in [0.15, 0.2) is 60.8 Å². The second kappa shape index (κ2) is 9.14. The molecule has 7 heteroatoms. The zero-order valence-electron chi connectivity index (χ0n) is 16.3. The van der Waals surface area contributed by atoms with Gasteiger partial charge in [-0.05, 0) is 68.3 Å². The van der Waals surface area contributed by atoms with E-state index < -0.39 is 12.1 Å². The Morgan fingerprint density at radius 2 is 1.79 bits per heavy atom. The van der Waals surface area contributed by atoms with Crippen LogP contribution in [0.25, 0.3) is 5.69 Å². The summed E-state index contributed by atoms with van der Waals surface area (Å²) in [5, 5.41) is 6.93. The molecule has 3 rings (SSSR count). The second-order valence-electron chi connectivity index (χ2n) is 6.65. The Kier molecular flexibility index (Phi) is 6.39. The van der Waals surface area contributed by atoms with Gasteiger partial charge in [-0.1, -0.05) is 12.1 Å². The maximum atomic E-state index is 12.9. The molecule has 3 aromatic rings. The van der Waals surface area contributed by atoms with E-state index in [4.69, 9.17) is 4.74 Å². The van der Waals surface area contributed by atoms with Gasteiger partial charge in [-0.15, -0.1) is 0 Å². The van der Waals surface area contributed by atoms with Gasteiger partial charge in [0.25, 0.3) is 5.91 Å². The Labute approximate surface area is 168 Å². The second-order valence-corrected chi connectivity index (χ2v) is 6.65. The molecule has 0 unspecified atom stereocenters. The van der Waals surface area contributed by atoms with Gasteiger partial charge in [-0.25, -0.2) is 13.9 Å². The van der Waals surface area contributed by atoms with Crippen LogP contribution < -0.4 is 5.32 Å². The summed E-state index contributed by atoms with van der Waals surface area (Å²) < 4.78 is 19.9. The van der Waals surface area contributed by atoms with Crippen molar-refractivity contribution in [1.29, 1.82) is 0 Å². The van der Waals surface area contributed by atoms with Crippen LogP contribution in [0, 0.1) is 12.7 Å². The summed E-state index contributed by atoms with van der Waals surface area (Å²) in [5.74, 6) is -1.26. The fraction of sp³-hybridized carbons (Fsp3) is 0.227. The molecule has 1 aromatic heterocycles. The third-order valence-corrected chi connectivity index (χ3v) is 4.46. The lowest BCUT2D eigenvalue weighted by Crippen LogP contribution is -2.36. The van der Waals surface area contributed by atoms with Crippen molar-refractivity contribution < 1.29 is 18.7 Å². The third-order valence-electron chi connectivity index (χ3n) is 4.46. The van der Waals surface area contributed by atoms with E-state index in [1.807, 2.05) is 13.0 Å². The number of halogens is 1. The van der Waals surface area contributed by atoms with Crippen LogP contribution in [0.2, 0.25) is 0 Å². The molecular formula is C22H22FN3O3. The molecule has 0 fully saturated rings. The fourth-order valence-corrected chi connectivity index (χ4v) is 2.79. The highest BCUT2D eigenvalue weighted by Gasteiger charge is 2.18. The number of aromatic nitrogens is 2. The number of amides is 1. The Morgan fingerprint density at radius 3 is 2.41 bits per heavy atom. The molecule has 6 nitrogen and oxygen atoms in total. The minimum absolute atomic E-state index is 0.300. The smallest absolute Gasteiger partial charge is 0.338 e. The van der Waals surface area contributed by atoms with E-state index >= 15 is 0 Å². The summed E-state index contributed by atoms with van der Waals surface area (Å²) >= 11 is 0. The van der Waals surface area contributed by atoms with E-state index in [0.29, 0.717) is 18.5 Å². The molecule has 1 atom stereocenters. The Morgan fingerprint density at radius 1 is 1.10 bits per heavy atom. The number of carbonyl (C=O) groups excluding carboxylic acids is 2. The van der Waals surface area contributed by atoms with Gasteiger partial charge in [0.1, 0.15) is 5.82 Å². The van der Waals surface area contributed by atoms with Crippen LogP contribution in [0.1, 0.15) is 28.5 Å². The van der Waals surface area contributed by atoms with Crippen molar-refractivity contribution >= 4 is 11.9 Å². The first kappa shape index (κ1) is 20.3. The van der Waals surface area contributed by atoms with Gasteiger partial charge in [0.05, 0.1) is 11.3 Å². The monoisotopic (exact) mass is 395 g/mol. The predicted octanol–water partition coefficient (Wildman–Crippen LogP) is 3.22. The quantitative estimate of drug-likeness (QED) is 0.624. The molecule has 150 valence electrons. The average Bonchev–Trinajstić information content (AvgIpc) is 3.15. The van der Waals surface area contributed by atoms with Crippen molar-refractivity contribution in [1.82, 2.24) is 15.1 Å². The molecule has 0 aliphatic heterocycles. The normalized spacial score (nSPS) is 11.7. The van der Waals surface area contributed by atoms with E-state index in [-0.39, 0.29) is 11.7 Å². The summed E-state index contributed by atoms with van der Waals surface area (Å²) in [5.41, 5.74) is 3.07. The van der Waals surface area contributed by atoms with Crippen molar-refractivity contribution in [3.05, 3.63) is 83.4 Å². The van der Waals surface area contributed by atoms with Gasteiger partial charge < -0.3 is 10.1 Å². The number of nitrogens with one attached hydrogen (secondary N) is 1. The molecule has 0 bridgehead atoms. The van der Waals surface area contributed by atoms with Crippen LogP contribution >= 0.6 is 0 Å². The number of ether oxygens (including phenoxy) is 1. The van der Waals surface area contributed by atoms with E-state index in [1.165, 1.54) is 19.1 Å². The van der Waals surface area contributed by atoms with Crippen LogP contribution in [0.5, 0.6) is 0 Å². The van der Waals surface area contributed by atoms with E-state index in [2.05, 4.69) is 10.4 Å². The first-order valence-electron chi connectivity index (χ1n) is 9.28. The highest BCUT2D eigenvalue weighted by atomic mass is 19.1. The van der Waals surface area contributed by atoms with Crippen molar-refractivity contribution in [3.8, 4) is 5.69 Å². The predicted molar refractivity (Wildman–Crippen MR) is 106 cm³/mol. The first-order chi connectivity index (χ1) is 13.9. The Balaban J connectivity index is 1.49. The van der Waals surface area contributed by atoms with Crippen molar-refractivity contribution in [2.75, 3.05) is 6.54 Å². The number of rotatable bonds is 7. The molecule has 0 saturated heterocycles. The Bertz CT molecular complexity index is 981. The largest absolute Gasteiger partial charge is 0.449 e. The highest BCUT2D eigenvalue weighted by molar-refractivity contribution is 5.92. The van der Waals surface area contributed by atoms with Crippen LogP contribution in [0.4, 0.5) is 4.39 Å². The van der Waals surface area contributed by atoms with Gasteiger partial charge >= 0.3 is 5.97 Å². The topological polar surface area (TPSA) is 73.2 Å². The minimum Gasteiger partial charge on any atom is -0.449 e. The molecule has 0 radical (unpaired) electrons. The molecule has 1 amide bonds. The van der Waals surface area contributed by atoms with Crippen LogP contribution in [0.3, 0.4) is 0 Å². The minimum atomic E-state index is -0.927. The number of aryl methyl sites for hydroxylation is 1. The maximum Gasteiger partial charge on any atom is 0.338 e. The lowest BCUT2D eigenvalue weighted by atomic mass is 10.1. The van der Waals surface area contributed by atoms with Crippen molar-refractivity contribution in [2.45, 2.75) is 26.4 Å². The van der Waals surface area contributed by atoms with Crippen LogP contribution in [-0.2, 0) is 16.0 Å². The van der Waals surface area contributed by atoms with Gasteiger partial charge in [0.2, 0.25) is 0 Å². The lowest BCUT2D eigenvalue weighted by Gasteiger charge is -2.14. The van der Waals surface area contributed by atoms with Crippen molar-refractivity contribution in [3.63, 3.8) is 0 Å². The molecule has 29 heavy (non-hydrogen) atoms. The van der Waals surface area contributed by atoms with E-state index in [1.54, 1.807) is 47.3 Å². The van der Waals surface area contributed by atoms with E-state index in [9.17, 15) is 14.0 Å². The molecule has 0 aliphatic rings. The summed E-state index contributed by atoms with van der Waals surface area (Å²) in [6, 6.07) is 14.8. The van der Waals surface area contributed by atoms with Crippen molar-refractivity contribution in [2.24, 2.45) is 0 Å². The average molecular weight is 395 g/mol. The number of hydrogen-bond donors (Lipinski definition) is 1. The zero-order valence-corrected chi connectivity index (χ0v) is 16.3. The first-order valence-corrected chi connectivity index (χ1v) is 9.28. The molecule has 0 aliphatic carbocycles. The number of nitrogens with zero attached hydrogens (tertiary/aromatic N) is 2. The SMILES string of the molecule is Cc1ccnn1-c1ccc(C(=O)O[C@@H](C)C(=O)NCCc2ccc(F)cc2)cc1. The van der Waals surface area contributed by atoms with Gasteiger partial charge in [0, 0.05) is 18.4 Å². The fourth-order valence-electron chi connectivity index (χ4n) is 2.79. The summed E-state index contributed by atoms with van der Waals surface area (Å²) in [7, 11) is 0. The van der Waals surface area contributed by atoms with E-state index in [0.717, 1.165) is 16.9 Å². The zero-order chi connectivity index (χ0) is 20.8. The molecular weight excluding hydrogens is 373 g/mol. The van der Waals surface area contributed by atoms with Gasteiger partial charge in [-0.3, -0.25) is 4.79 Å². The molecule has 1 N–H and O–H groups in total. The summed E-state index contributed by atoms with van der Waals surface area (Å²) in [6.07, 6.45) is 1.33. The number of benzene rings is 2. The van der Waals surface area contributed by atoms with Gasteiger partial charge in [-0.2, -0.15) is 5.10 Å². The van der Waals surface area contributed by atoms with Gasteiger partial charge in [0.15, 0.2) is 6.10 Å². The Hall–Kier alpha value is -3.48. The summed E-state index contributed by atoms with van der Waals surface area (Å²) in [6.45, 7) is 3.82. The number of hydrogen-bond acceptors (Lipinski definition) is 4. The standard InChI is InChI=1S/C22H22FN3O3/c1-15-11-14-25-26(15)20-9-5-18(6-10-20)22(28)29-16(2)21(27)24-13-12-17-3-7-19(23)8-4-17/h3-11,14,16H,12-13H2,1-2H3,(H,24,27)/t16-/m0/s1. The maximum absolute atomic E-state index is 12.9. The molecule has 0 saturated carbocycles. The number of carbonyl (C=O) groups is 2. The molecule has 2 aromatic carbocycles. The third kappa shape index (κ3) is 5.28. The number of esters is 1. The van der Waals surface area contributed by atoms with Crippen LogP contribution in [-0.4, -0.2) is 34.3 Å². The molecule has 1 heterocycles. The highest BCUT2D eigenvalue weighted by Crippen LogP contribution is 2.13. The molecule has 0 spiro atoms. The lowest BCUT2D eigenvalue weighted by molar-refractivity contribution is -0.129. The summed E-state index contributed by atoms with van der Waals surface area (Å²) in [4.78, 5) is 24.4.